The van der Waals surface area contributed by atoms with Crippen molar-refractivity contribution in [2.45, 2.75) is 176 Å². The zero-order valence-corrected chi connectivity index (χ0v) is 51.8. The summed E-state index contributed by atoms with van der Waals surface area (Å²) in [6, 6.07) is 56.0. The number of hydrogen-bond acceptors (Lipinski definition) is 4. The predicted octanol–water partition coefficient (Wildman–Crippen LogP) is 19.8. The Bertz CT molecular complexity index is 3990. The Balaban J connectivity index is 1.12. The highest BCUT2D eigenvalue weighted by atomic mass is 32.1. The zero-order valence-electron chi connectivity index (χ0n) is 50.9. The summed E-state index contributed by atoms with van der Waals surface area (Å²) in [6.07, 6.45) is 4.68. The van der Waals surface area contributed by atoms with Gasteiger partial charge in [-0.05, 0) is 224 Å². The topological polar surface area (TPSA) is 9.72 Å². The van der Waals surface area contributed by atoms with Crippen LogP contribution in [-0.2, 0) is 32.5 Å². The normalized spacial score (nSPS) is 17.4. The molecule has 2 aliphatic heterocycles. The minimum Gasteiger partial charge on any atom is -0.311 e. The van der Waals surface area contributed by atoms with Gasteiger partial charge in [-0.3, -0.25) is 0 Å². The van der Waals surface area contributed by atoms with Gasteiger partial charge in [0.1, 0.15) is 0 Å². The van der Waals surface area contributed by atoms with Gasteiger partial charge in [-0.2, -0.15) is 0 Å². The van der Waals surface area contributed by atoms with E-state index in [-0.39, 0.29) is 39.2 Å². The second-order valence-corrected chi connectivity index (χ2v) is 30.5. The molecule has 0 fully saturated rings. The van der Waals surface area contributed by atoms with Gasteiger partial charge in [0.2, 0.25) is 0 Å². The van der Waals surface area contributed by atoms with Gasteiger partial charge in [-0.1, -0.05) is 158 Å². The molecule has 0 spiro atoms. The highest BCUT2D eigenvalue weighted by molar-refractivity contribution is 7.25. The molecule has 406 valence electrons. The van der Waals surface area contributed by atoms with Crippen LogP contribution in [0.3, 0.4) is 0 Å². The lowest BCUT2D eigenvalue weighted by Crippen LogP contribution is -2.62. The van der Waals surface area contributed by atoms with Gasteiger partial charge in [0.25, 0.3) is 6.71 Å². The van der Waals surface area contributed by atoms with Crippen molar-refractivity contribution in [1.82, 2.24) is 0 Å². The Morgan fingerprint density at radius 2 is 0.938 bits per heavy atom. The molecule has 80 heavy (non-hydrogen) atoms. The number of fused-ring (bicyclic) bond motifs is 9. The molecule has 13 rings (SSSR count). The first-order chi connectivity index (χ1) is 37.6. The molecule has 0 bridgehead atoms. The second-order valence-electron chi connectivity index (χ2n) is 29.4. The van der Waals surface area contributed by atoms with Gasteiger partial charge in [-0.25, -0.2) is 0 Å². The van der Waals surface area contributed by atoms with Crippen LogP contribution >= 0.6 is 11.3 Å². The van der Waals surface area contributed by atoms with Gasteiger partial charge < -0.3 is 14.7 Å². The third-order valence-electron chi connectivity index (χ3n) is 19.7. The summed E-state index contributed by atoms with van der Waals surface area (Å²) in [7, 11) is 0. The molecule has 0 radical (unpaired) electrons. The average molecular weight is 1070 g/mol. The van der Waals surface area contributed by atoms with Crippen LogP contribution in [0.25, 0.3) is 20.2 Å². The Hall–Kier alpha value is -6.56. The smallest absolute Gasteiger partial charge is 0.252 e. The van der Waals surface area contributed by atoms with Crippen molar-refractivity contribution in [3.63, 3.8) is 0 Å². The molecule has 0 unspecified atom stereocenters. The molecule has 0 saturated heterocycles. The van der Waals surface area contributed by atoms with Crippen molar-refractivity contribution in [3.8, 4) is 0 Å². The summed E-state index contributed by atoms with van der Waals surface area (Å²) in [5.74, 6) is 0. The van der Waals surface area contributed by atoms with Crippen molar-refractivity contribution in [2.24, 2.45) is 0 Å². The summed E-state index contributed by atoms with van der Waals surface area (Å²) >= 11 is 1.89. The van der Waals surface area contributed by atoms with Crippen LogP contribution in [0.5, 0.6) is 0 Å². The Kier molecular flexibility index (Phi) is 11.7. The van der Waals surface area contributed by atoms with Crippen molar-refractivity contribution in [2.75, 3.05) is 14.7 Å². The van der Waals surface area contributed by atoms with E-state index < -0.39 is 0 Å². The molecular formula is C75H82BN3S. The van der Waals surface area contributed by atoms with Gasteiger partial charge >= 0.3 is 0 Å². The van der Waals surface area contributed by atoms with E-state index >= 15 is 0 Å². The quantitative estimate of drug-likeness (QED) is 0.159. The lowest BCUT2D eigenvalue weighted by Gasteiger charge is -2.48. The monoisotopic (exact) mass is 1070 g/mol. The highest BCUT2D eigenvalue weighted by Crippen LogP contribution is 2.54. The number of benzene rings is 8. The molecule has 5 heteroatoms. The summed E-state index contributed by atoms with van der Waals surface area (Å²) in [6.45, 7) is 40.7. The van der Waals surface area contributed by atoms with Crippen LogP contribution in [0.15, 0.2) is 140 Å². The van der Waals surface area contributed by atoms with Crippen LogP contribution < -0.4 is 31.1 Å². The van der Waals surface area contributed by atoms with E-state index in [1.54, 1.807) is 0 Å². The fourth-order valence-electron chi connectivity index (χ4n) is 14.6. The van der Waals surface area contributed by atoms with Crippen LogP contribution in [0, 0.1) is 20.8 Å². The molecule has 0 saturated carbocycles. The molecule has 0 atom stereocenters. The second kappa shape index (κ2) is 17.7. The molecule has 4 aliphatic rings. The number of aryl methyl sites for hydroxylation is 3. The summed E-state index contributed by atoms with van der Waals surface area (Å²) < 4.78 is 2.64. The van der Waals surface area contributed by atoms with Crippen LogP contribution in [0.2, 0.25) is 0 Å². The third kappa shape index (κ3) is 8.24. The first-order valence-corrected chi connectivity index (χ1v) is 30.6. The van der Waals surface area contributed by atoms with E-state index in [0.29, 0.717) is 0 Å². The number of nitrogens with zero attached hydrogens (tertiary/aromatic N) is 3. The van der Waals surface area contributed by atoms with Gasteiger partial charge in [-0.15, -0.1) is 11.3 Å². The minimum absolute atomic E-state index is 0.0213. The Morgan fingerprint density at radius 3 is 1.51 bits per heavy atom. The third-order valence-corrected chi connectivity index (χ3v) is 20.9. The summed E-state index contributed by atoms with van der Waals surface area (Å²) in [5, 5.41) is 2.62. The van der Waals surface area contributed by atoms with E-state index in [2.05, 4.69) is 272 Å². The SMILES string of the molecule is Cc1cc2c3c(c1)N(c1ccc4c(c1)C(C)(C)CCC4(C)C)c1cc4c(cc1B3c1ccc(N(c3ccc(C(C)(C)C)cc3C)c3ccc(C(C)(C)C)cc3C)cc1N2c1ccc2sc3ccccc3c2c1)C(C)(C)CCC4(C)C. The largest absolute Gasteiger partial charge is 0.311 e. The minimum atomic E-state index is -0.0222. The number of anilines is 9. The molecule has 0 N–H and O–H groups in total. The first kappa shape index (κ1) is 52.8. The summed E-state index contributed by atoms with van der Waals surface area (Å²) in [4.78, 5) is 7.92. The van der Waals surface area contributed by atoms with Crippen molar-refractivity contribution < 1.29 is 0 Å². The van der Waals surface area contributed by atoms with Crippen molar-refractivity contribution in [3.05, 3.63) is 190 Å². The van der Waals surface area contributed by atoms with Crippen LogP contribution in [0.4, 0.5) is 51.2 Å². The van der Waals surface area contributed by atoms with Crippen molar-refractivity contribution >= 4 is 106 Å². The predicted molar refractivity (Wildman–Crippen MR) is 350 cm³/mol. The lowest BCUT2D eigenvalue weighted by atomic mass is 9.33. The van der Waals surface area contributed by atoms with Gasteiger partial charge in [0.15, 0.2) is 0 Å². The van der Waals surface area contributed by atoms with Crippen LogP contribution in [-0.4, -0.2) is 6.71 Å². The Labute approximate surface area is 483 Å². The van der Waals surface area contributed by atoms with E-state index in [0.717, 1.165) is 18.5 Å². The number of hydrogen-bond donors (Lipinski definition) is 0. The van der Waals surface area contributed by atoms with Crippen LogP contribution in [0.1, 0.15) is 173 Å². The molecule has 9 aromatic rings. The highest BCUT2D eigenvalue weighted by Gasteiger charge is 2.47. The zero-order chi connectivity index (χ0) is 56.5. The Morgan fingerprint density at radius 1 is 0.438 bits per heavy atom. The molecule has 3 heterocycles. The number of thiophene rings is 1. The maximum atomic E-state index is 2.70. The molecular weight excluding hydrogens is 986 g/mol. The van der Waals surface area contributed by atoms with Crippen molar-refractivity contribution in [1.29, 1.82) is 0 Å². The molecule has 1 aromatic heterocycles. The fourth-order valence-corrected chi connectivity index (χ4v) is 15.7. The van der Waals surface area contributed by atoms with Gasteiger partial charge in [0.05, 0.1) is 0 Å². The molecule has 8 aromatic carbocycles. The van der Waals surface area contributed by atoms with E-state index in [1.165, 1.54) is 145 Å². The molecule has 2 aliphatic carbocycles. The number of rotatable bonds is 5. The maximum absolute atomic E-state index is 2.70. The molecule has 0 amide bonds. The standard InChI is InChI=1S/C75H82BN3S/c1-45-36-65-69-66(37-45)79(51-24-27-55-56(41-51)73(12,13)33-32-72(55,10)11)64-44-58-57(74(14,15)34-35-75(58,16)17)43-60(64)76(69)59-28-25-52(42-63(59)78(65)50-26-31-68-54(40-50)53-20-18-19-21-67(53)80-68)77(61-29-22-48(38-46(61)2)70(4,5)6)62-30-23-49(39-47(62)3)71(7,8)9/h18-31,36-44H,32-35H2,1-17H3. The maximum Gasteiger partial charge on any atom is 0.252 e. The molecule has 3 nitrogen and oxygen atoms in total. The summed E-state index contributed by atoms with van der Waals surface area (Å²) in [5.41, 5.74) is 27.9. The van der Waals surface area contributed by atoms with Gasteiger partial charge in [0, 0.05) is 71.4 Å². The first-order valence-electron chi connectivity index (χ1n) is 29.8. The average Bonchev–Trinajstić information content (AvgIpc) is 3.91. The van der Waals surface area contributed by atoms with E-state index in [1.807, 2.05) is 11.3 Å². The van der Waals surface area contributed by atoms with E-state index in [4.69, 9.17) is 0 Å². The lowest BCUT2D eigenvalue weighted by molar-refractivity contribution is 0.332. The fraction of sp³-hybridized carbons (Fsp3) is 0.360. The van der Waals surface area contributed by atoms with E-state index in [9.17, 15) is 0 Å².